The standard InChI is InChI=1S/C18H21NOS/c20-12-14-4-6-15(7-5-14)13-21-18-3-1-2-16(10-18)11-19-17-8-9-17/h1-7,10,17,19-20H,8-9,11-13H2. The molecular formula is C18H21NOS. The van der Waals surface area contributed by atoms with Gasteiger partial charge in [0.15, 0.2) is 0 Å². The lowest BCUT2D eigenvalue weighted by molar-refractivity contribution is 0.282. The van der Waals surface area contributed by atoms with Gasteiger partial charge < -0.3 is 10.4 Å². The van der Waals surface area contributed by atoms with Crippen LogP contribution in [0, 0.1) is 0 Å². The highest BCUT2D eigenvalue weighted by molar-refractivity contribution is 7.98. The number of benzene rings is 2. The summed E-state index contributed by atoms with van der Waals surface area (Å²) in [5.41, 5.74) is 3.62. The smallest absolute Gasteiger partial charge is 0.0681 e. The van der Waals surface area contributed by atoms with Crippen molar-refractivity contribution in [1.29, 1.82) is 0 Å². The first-order valence-corrected chi connectivity index (χ1v) is 8.46. The van der Waals surface area contributed by atoms with Crippen molar-refractivity contribution in [2.24, 2.45) is 0 Å². The molecule has 1 fully saturated rings. The van der Waals surface area contributed by atoms with Crippen molar-refractivity contribution in [3.8, 4) is 0 Å². The fraction of sp³-hybridized carbons (Fsp3) is 0.333. The second-order valence-electron chi connectivity index (χ2n) is 5.57. The molecule has 0 radical (unpaired) electrons. The number of rotatable bonds is 7. The van der Waals surface area contributed by atoms with Gasteiger partial charge in [0, 0.05) is 23.2 Å². The van der Waals surface area contributed by atoms with Crippen LogP contribution in [-0.2, 0) is 18.9 Å². The van der Waals surface area contributed by atoms with Crippen LogP contribution in [0.3, 0.4) is 0 Å². The summed E-state index contributed by atoms with van der Waals surface area (Å²) in [6.45, 7) is 1.09. The highest BCUT2D eigenvalue weighted by Gasteiger charge is 2.19. The lowest BCUT2D eigenvalue weighted by Crippen LogP contribution is -2.15. The summed E-state index contributed by atoms with van der Waals surface area (Å²) in [6.07, 6.45) is 2.66. The molecule has 2 N–H and O–H groups in total. The van der Waals surface area contributed by atoms with Crippen LogP contribution in [-0.4, -0.2) is 11.1 Å². The summed E-state index contributed by atoms with van der Waals surface area (Å²) in [7, 11) is 0. The van der Waals surface area contributed by atoms with Crippen molar-refractivity contribution in [1.82, 2.24) is 5.32 Å². The van der Waals surface area contributed by atoms with Crippen molar-refractivity contribution in [3.05, 3.63) is 65.2 Å². The molecular weight excluding hydrogens is 278 g/mol. The fourth-order valence-electron chi connectivity index (χ4n) is 2.20. The number of hydrogen-bond acceptors (Lipinski definition) is 3. The maximum atomic E-state index is 9.05. The van der Waals surface area contributed by atoms with Crippen molar-refractivity contribution >= 4 is 11.8 Å². The molecule has 0 bridgehead atoms. The molecule has 1 aliphatic carbocycles. The summed E-state index contributed by atoms with van der Waals surface area (Å²) in [4.78, 5) is 1.32. The monoisotopic (exact) mass is 299 g/mol. The van der Waals surface area contributed by atoms with Crippen LogP contribution in [0.15, 0.2) is 53.4 Å². The molecule has 0 saturated heterocycles. The van der Waals surface area contributed by atoms with Crippen LogP contribution in [0.5, 0.6) is 0 Å². The van der Waals surface area contributed by atoms with E-state index in [1.807, 2.05) is 23.9 Å². The summed E-state index contributed by atoms with van der Waals surface area (Å²) < 4.78 is 0. The minimum Gasteiger partial charge on any atom is -0.392 e. The van der Waals surface area contributed by atoms with Crippen molar-refractivity contribution in [3.63, 3.8) is 0 Å². The summed E-state index contributed by atoms with van der Waals surface area (Å²) in [5.74, 6) is 0.964. The molecule has 1 saturated carbocycles. The van der Waals surface area contributed by atoms with E-state index in [1.54, 1.807) is 0 Å². The molecule has 21 heavy (non-hydrogen) atoms. The highest BCUT2D eigenvalue weighted by Crippen LogP contribution is 2.24. The van der Waals surface area contributed by atoms with Crippen molar-refractivity contribution < 1.29 is 5.11 Å². The van der Waals surface area contributed by atoms with E-state index in [-0.39, 0.29) is 6.61 Å². The molecule has 0 amide bonds. The van der Waals surface area contributed by atoms with Crippen LogP contribution in [0.4, 0.5) is 0 Å². The normalized spacial score (nSPS) is 14.3. The first-order chi connectivity index (χ1) is 10.3. The predicted molar refractivity (Wildman–Crippen MR) is 88.2 cm³/mol. The van der Waals surface area contributed by atoms with E-state index in [0.717, 1.165) is 23.9 Å². The molecule has 0 spiro atoms. The average molecular weight is 299 g/mol. The Kier molecular flexibility index (Phi) is 4.96. The molecule has 3 rings (SSSR count). The average Bonchev–Trinajstić information content (AvgIpc) is 3.36. The third kappa shape index (κ3) is 4.60. The van der Waals surface area contributed by atoms with Gasteiger partial charge in [0.1, 0.15) is 0 Å². The predicted octanol–water partition coefficient (Wildman–Crippen LogP) is 3.72. The van der Waals surface area contributed by atoms with Gasteiger partial charge in [-0.15, -0.1) is 11.8 Å². The van der Waals surface area contributed by atoms with Gasteiger partial charge in [0.2, 0.25) is 0 Å². The van der Waals surface area contributed by atoms with E-state index < -0.39 is 0 Å². The fourth-order valence-corrected chi connectivity index (χ4v) is 3.14. The molecule has 0 aromatic heterocycles. The SMILES string of the molecule is OCc1ccc(CSc2cccc(CNC3CC3)c2)cc1. The van der Waals surface area contributed by atoms with E-state index >= 15 is 0 Å². The largest absolute Gasteiger partial charge is 0.392 e. The zero-order valence-corrected chi connectivity index (χ0v) is 12.9. The Morgan fingerprint density at radius 3 is 2.48 bits per heavy atom. The first-order valence-electron chi connectivity index (χ1n) is 7.47. The molecule has 0 unspecified atom stereocenters. The Hall–Kier alpha value is -1.29. The van der Waals surface area contributed by atoms with Gasteiger partial charge in [0.05, 0.1) is 6.61 Å². The molecule has 2 aromatic carbocycles. The molecule has 0 aliphatic heterocycles. The Labute approximate surface area is 130 Å². The van der Waals surface area contributed by atoms with Crippen LogP contribution < -0.4 is 5.32 Å². The maximum Gasteiger partial charge on any atom is 0.0681 e. The minimum absolute atomic E-state index is 0.115. The second-order valence-corrected chi connectivity index (χ2v) is 6.61. The van der Waals surface area contributed by atoms with Crippen LogP contribution >= 0.6 is 11.8 Å². The molecule has 2 aromatic rings. The quantitative estimate of drug-likeness (QED) is 0.764. The zero-order valence-electron chi connectivity index (χ0n) is 12.1. The minimum atomic E-state index is 0.115. The Bertz CT molecular complexity index is 578. The van der Waals surface area contributed by atoms with E-state index in [4.69, 9.17) is 5.11 Å². The second kappa shape index (κ2) is 7.12. The highest BCUT2D eigenvalue weighted by atomic mass is 32.2. The molecule has 1 aliphatic rings. The van der Waals surface area contributed by atoms with Gasteiger partial charge in [-0.1, -0.05) is 36.4 Å². The van der Waals surface area contributed by atoms with E-state index in [9.17, 15) is 0 Å². The summed E-state index contributed by atoms with van der Waals surface area (Å²) in [5, 5.41) is 12.6. The Morgan fingerprint density at radius 2 is 1.76 bits per heavy atom. The molecule has 3 heteroatoms. The Morgan fingerprint density at radius 1 is 1.00 bits per heavy atom. The van der Waals surface area contributed by atoms with Crippen LogP contribution in [0.25, 0.3) is 0 Å². The van der Waals surface area contributed by atoms with Gasteiger partial charge in [-0.05, 0) is 41.7 Å². The van der Waals surface area contributed by atoms with Crippen LogP contribution in [0.2, 0.25) is 0 Å². The number of nitrogens with one attached hydrogen (secondary N) is 1. The zero-order chi connectivity index (χ0) is 14.5. The number of aliphatic hydroxyl groups excluding tert-OH is 1. The summed E-state index contributed by atoms with van der Waals surface area (Å²) in [6, 6.07) is 17.7. The number of hydrogen-bond donors (Lipinski definition) is 2. The third-order valence-electron chi connectivity index (χ3n) is 3.68. The third-order valence-corrected chi connectivity index (χ3v) is 4.75. The van der Waals surface area contributed by atoms with Gasteiger partial charge in [0.25, 0.3) is 0 Å². The van der Waals surface area contributed by atoms with E-state index in [0.29, 0.717) is 0 Å². The first kappa shape index (κ1) is 14.6. The maximum absolute atomic E-state index is 9.05. The van der Waals surface area contributed by atoms with E-state index in [2.05, 4.69) is 41.7 Å². The molecule has 0 atom stereocenters. The molecule has 110 valence electrons. The van der Waals surface area contributed by atoms with E-state index in [1.165, 1.54) is 28.9 Å². The number of thioether (sulfide) groups is 1. The number of aliphatic hydroxyl groups is 1. The van der Waals surface area contributed by atoms with Gasteiger partial charge >= 0.3 is 0 Å². The summed E-state index contributed by atoms with van der Waals surface area (Å²) >= 11 is 1.86. The molecule has 2 nitrogen and oxygen atoms in total. The lowest BCUT2D eigenvalue weighted by atomic mass is 10.2. The topological polar surface area (TPSA) is 32.3 Å². The van der Waals surface area contributed by atoms with Gasteiger partial charge in [-0.2, -0.15) is 0 Å². The van der Waals surface area contributed by atoms with Gasteiger partial charge in [-0.25, -0.2) is 0 Å². The lowest BCUT2D eigenvalue weighted by Gasteiger charge is -2.07. The van der Waals surface area contributed by atoms with Crippen molar-refractivity contribution in [2.45, 2.75) is 42.7 Å². The van der Waals surface area contributed by atoms with Crippen LogP contribution in [0.1, 0.15) is 29.5 Å². The van der Waals surface area contributed by atoms with Gasteiger partial charge in [-0.3, -0.25) is 0 Å². The Balaban J connectivity index is 1.54. The van der Waals surface area contributed by atoms with Crippen molar-refractivity contribution in [2.75, 3.05) is 0 Å². The molecule has 0 heterocycles.